The topological polar surface area (TPSA) is 41.6 Å². The van der Waals surface area contributed by atoms with Crippen LogP contribution in [-0.4, -0.2) is 21.2 Å². The lowest BCUT2D eigenvalue weighted by molar-refractivity contribution is 0.502. The van der Waals surface area contributed by atoms with Crippen LogP contribution in [0.15, 0.2) is 23.4 Å². The minimum atomic E-state index is 0.847. The molecule has 1 heterocycles. The average molecular weight is 207 g/mol. The first-order valence-electron chi connectivity index (χ1n) is 5.09. The summed E-state index contributed by atoms with van der Waals surface area (Å²) in [5.74, 6) is 3.78. The predicted molar refractivity (Wildman–Crippen MR) is 56.0 cm³/mol. The minimum Gasteiger partial charge on any atom is -0.197 e. The molecule has 1 aromatic heterocycles. The molecule has 4 heteroatoms. The van der Waals surface area contributed by atoms with Crippen molar-refractivity contribution in [1.82, 2.24) is 15.4 Å². The first-order valence-corrected chi connectivity index (χ1v) is 6.07. The van der Waals surface area contributed by atoms with E-state index in [9.17, 15) is 0 Å². The van der Waals surface area contributed by atoms with E-state index in [4.69, 9.17) is 0 Å². The van der Waals surface area contributed by atoms with Crippen LogP contribution in [0, 0.1) is 17.8 Å². The lowest BCUT2D eigenvalue weighted by Crippen LogP contribution is -2.09. The highest BCUT2D eigenvalue weighted by Crippen LogP contribution is 2.45. The van der Waals surface area contributed by atoms with E-state index in [0.29, 0.717) is 0 Å². The number of H-pyrrole nitrogens is 1. The molecule has 1 aromatic rings. The number of aromatic amines is 1. The molecule has 3 atom stereocenters. The van der Waals surface area contributed by atoms with E-state index in [1.807, 2.05) is 11.8 Å². The van der Waals surface area contributed by atoms with Crippen molar-refractivity contribution in [2.24, 2.45) is 17.8 Å². The van der Waals surface area contributed by atoms with E-state index in [2.05, 4.69) is 27.6 Å². The second-order valence-corrected chi connectivity index (χ2v) is 5.20. The predicted octanol–water partition coefficient (Wildman–Crippen LogP) is 2.11. The molecule has 14 heavy (non-hydrogen) atoms. The number of hydrogen-bond donors (Lipinski definition) is 1. The SMILES string of the molecule is C1=C[C@@H]2C[C@H]1C[C@@H]2CSc1cn[nH]n1. The Balaban J connectivity index is 1.57. The van der Waals surface area contributed by atoms with Crippen LogP contribution in [-0.2, 0) is 0 Å². The summed E-state index contributed by atoms with van der Waals surface area (Å²) in [4.78, 5) is 0. The summed E-state index contributed by atoms with van der Waals surface area (Å²) in [6, 6.07) is 0. The average Bonchev–Trinajstić information content (AvgIpc) is 2.91. The Morgan fingerprint density at radius 1 is 1.43 bits per heavy atom. The van der Waals surface area contributed by atoms with Gasteiger partial charge < -0.3 is 0 Å². The molecule has 0 amide bonds. The van der Waals surface area contributed by atoms with Crippen LogP contribution in [0.25, 0.3) is 0 Å². The molecule has 1 saturated carbocycles. The van der Waals surface area contributed by atoms with Crippen molar-refractivity contribution in [2.45, 2.75) is 17.9 Å². The van der Waals surface area contributed by atoms with E-state index in [0.717, 1.165) is 22.8 Å². The number of aromatic nitrogens is 3. The van der Waals surface area contributed by atoms with Crippen molar-refractivity contribution in [3.63, 3.8) is 0 Å². The fraction of sp³-hybridized carbons (Fsp3) is 0.600. The molecule has 0 aromatic carbocycles. The van der Waals surface area contributed by atoms with E-state index in [1.165, 1.54) is 18.6 Å². The molecule has 1 N–H and O–H groups in total. The van der Waals surface area contributed by atoms with Crippen molar-refractivity contribution >= 4 is 11.8 Å². The molecule has 2 bridgehead atoms. The van der Waals surface area contributed by atoms with Crippen LogP contribution in [0.2, 0.25) is 0 Å². The van der Waals surface area contributed by atoms with Crippen molar-refractivity contribution in [3.05, 3.63) is 18.3 Å². The van der Waals surface area contributed by atoms with Gasteiger partial charge in [0.1, 0.15) is 5.03 Å². The van der Waals surface area contributed by atoms with Crippen molar-refractivity contribution < 1.29 is 0 Å². The minimum absolute atomic E-state index is 0.847. The Morgan fingerprint density at radius 3 is 3.07 bits per heavy atom. The molecule has 0 saturated heterocycles. The van der Waals surface area contributed by atoms with Crippen LogP contribution in [0.5, 0.6) is 0 Å². The number of fused-ring (bicyclic) bond motifs is 2. The summed E-state index contributed by atoms with van der Waals surface area (Å²) in [6.07, 6.45) is 9.37. The van der Waals surface area contributed by atoms with Gasteiger partial charge in [-0.25, -0.2) is 0 Å². The molecule has 2 aliphatic carbocycles. The molecule has 1 fully saturated rings. The number of allylic oxidation sites excluding steroid dienone is 2. The van der Waals surface area contributed by atoms with Crippen molar-refractivity contribution in [3.8, 4) is 0 Å². The van der Waals surface area contributed by atoms with Gasteiger partial charge in [0.15, 0.2) is 0 Å². The zero-order chi connectivity index (χ0) is 9.38. The lowest BCUT2D eigenvalue weighted by atomic mass is 9.96. The molecule has 3 rings (SSSR count). The van der Waals surface area contributed by atoms with E-state index in [1.54, 1.807) is 6.20 Å². The smallest absolute Gasteiger partial charge is 0.138 e. The third-order valence-electron chi connectivity index (χ3n) is 3.25. The summed E-state index contributed by atoms with van der Waals surface area (Å²) in [5, 5.41) is 11.5. The third-order valence-corrected chi connectivity index (χ3v) is 4.34. The van der Waals surface area contributed by atoms with Gasteiger partial charge in [-0.05, 0) is 30.6 Å². The summed E-state index contributed by atoms with van der Waals surface area (Å²) in [5.41, 5.74) is 0. The fourth-order valence-electron chi connectivity index (χ4n) is 2.54. The molecule has 3 nitrogen and oxygen atoms in total. The molecule has 0 radical (unpaired) electrons. The van der Waals surface area contributed by atoms with Gasteiger partial charge in [0, 0.05) is 5.75 Å². The van der Waals surface area contributed by atoms with Gasteiger partial charge in [0.25, 0.3) is 0 Å². The van der Waals surface area contributed by atoms with Gasteiger partial charge >= 0.3 is 0 Å². The summed E-state index contributed by atoms with van der Waals surface area (Å²) >= 11 is 1.83. The molecule has 74 valence electrons. The summed E-state index contributed by atoms with van der Waals surface area (Å²) in [6.45, 7) is 0. The molecular formula is C10H13N3S. The fourth-order valence-corrected chi connectivity index (χ4v) is 3.54. The van der Waals surface area contributed by atoms with E-state index >= 15 is 0 Å². The van der Waals surface area contributed by atoms with Gasteiger partial charge in [0.05, 0.1) is 6.20 Å². The number of nitrogens with zero attached hydrogens (tertiary/aromatic N) is 2. The van der Waals surface area contributed by atoms with Crippen LogP contribution in [0.3, 0.4) is 0 Å². The van der Waals surface area contributed by atoms with Crippen molar-refractivity contribution in [1.29, 1.82) is 0 Å². The van der Waals surface area contributed by atoms with Gasteiger partial charge in [-0.15, -0.1) is 16.9 Å². The maximum atomic E-state index is 4.05. The second kappa shape index (κ2) is 3.42. The highest BCUT2D eigenvalue weighted by Gasteiger charge is 2.35. The summed E-state index contributed by atoms with van der Waals surface area (Å²) in [7, 11) is 0. The number of nitrogens with one attached hydrogen (secondary N) is 1. The monoisotopic (exact) mass is 207 g/mol. The third kappa shape index (κ3) is 1.47. The van der Waals surface area contributed by atoms with Crippen LogP contribution >= 0.6 is 11.8 Å². The summed E-state index contributed by atoms with van der Waals surface area (Å²) < 4.78 is 0. The number of thioether (sulfide) groups is 1. The number of rotatable bonds is 3. The van der Waals surface area contributed by atoms with E-state index in [-0.39, 0.29) is 0 Å². The van der Waals surface area contributed by atoms with E-state index < -0.39 is 0 Å². The lowest BCUT2D eigenvalue weighted by Gasteiger charge is -2.16. The van der Waals surface area contributed by atoms with Gasteiger partial charge in [-0.1, -0.05) is 12.2 Å². The second-order valence-electron chi connectivity index (χ2n) is 4.16. The number of hydrogen-bond acceptors (Lipinski definition) is 3. The zero-order valence-electron chi connectivity index (χ0n) is 7.89. The van der Waals surface area contributed by atoms with Crippen molar-refractivity contribution in [2.75, 3.05) is 5.75 Å². The molecule has 0 spiro atoms. The standard InChI is InChI=1S/C10H13N3S/c1-2-8-3-7(1)4-9(8)6-14-10-5-11-13-12-10/h1-2,5,7-9H,3-4,6H2,(H,11,12,13)/t7-,8+,9+/m0/s1. The van der Waals surface area contributed by atoms with Crippen LogP contribution < -0.4 is 0 Å². The normalized spacial score (nSPS) is 34.1. The maximum absolute atomic E-state index is 4.05. The van der Waals surface area contributed by atoms with Crippen LogP contribution in [0.4, 0.5) is 0 Å². The highest BCUT2D eigenvalue weighted by atomic mass is 32.2. The first-order chi connectivity index (χ1) is 6.92. The Hall–Kier alpha value is -0.770. The first kappa shape index (κ1) is 8.53. The zero-order valence-corrected chi connectivity index (χ0v) is 8.70. The molecule has 0 unspecified atom stereocenters. The van der Waals surface area contributed by atoms with Crippen LogP contribution in [0.1, 0.15) is 12.8 Å². The Bertz CT molecular complexity index is 333. The molecule has 2 aliphatic rings. The highest BCUT2D eigenvalue weighted by molar-refractivity contribution is 7.99. The van der Waals surface area contributed by atoms with Gasteiger partial charge in [-0.2, -0.15) is 10.3 Å². The Kier molecular flexibility index (Phi) is 2.09. The Labute approximate surface area is 87.4 Å². The maximum Gasteiger partial charge on any atom is 0.138 e. The molecular weight excluding hydrogens is 194 g/mol. The van der Waals surface area contributed by atoms with Gasteiger partial charge in [0.2, 0.25) is 0 Å². The Morgan fingerprint density at radius 2 is 2.43 bits per heavy atom. The molecule has 0 aliphatic heterocycles. The quantitative estimate of drug-likeness (QED) is 0.609. The van der Waals surface area contributed by atoms with Gasteiger partial charge in [-0.3, -0.25) is 0 Å². The largest absolute Gasteiger partial charge is 0.197 e.